The van der Waals surface area contributed by atoms with E-state index in [1.54, 1.807) is 0 Å². The average Bonchev–Trinajstić information content (AvgIpc) is 4.05. The summed E-state index contributed by atoms with van der Waals surface area (Å²) < 4.78 is 4.86. The Bertz CT molecular complexity index is 4050. The lowest BCUT2D eigenvalue weighted by Gasteiger charge is -2.29. The zero-order valence-electron chi connectivity index (χ0n) is 39.2. The number of hydrogen-bond donors (Lipinski definition) is 0. The summed E-state index contributed by atoms with van der Waals surface area (Å²) in [7, 11) is 0. The number of fused-ring (bicyclic) bond motifs is 12. The van der Waals surface area contributed by atoms with E-state index in [0.717, 1.165) is 17.1 Å². The van der Waals surface area contributed by atoms with Crippen molar-refractivity contribution < 1.29 is 0 Å². The lowest BCUT2D eigenvalue weighted by Crippen LogP contribution is -2.16. The molecule has 0 bridgehead atoms. The predicted octanol–water partition coefficient (Wildman–Crippen LogP) is 17.6. The lowest BCUT2D eigenvalue weighted by atomic mass is 9.82. The van der Waals surface area contributed by atoms with Crippen molar-refractivity contribution in [2.45, 2.75) is 38.5 Å². The van der Waals surface area contributed by atoms with Gasteiger partial charge in [0.05, 0.1) is 27.8 Å². The second kappa shape index (κ2) is 14.6. The summed E-state index contributed by atoms with van der Waals surface area (Å²) in [5, 5.41) is 4.99. The van der Waals surface area contributed by atoms with Crippen molar-refractivity contribution in [3.8, 4) is 44.8 Å². The van der Waals surface area contributed by atoms with Crippen LogP contribution < -0.4 is 4.90 Å². The van der Waals surface area contributed by atoms with Crippen LogP contribution in [-0.4, -0.2) is 9.13 Å². The fourth-order valence-corrected chi connectivity index (χ4v) is 12.4. The molecule has 328 valence electrons. The van der Waals surface area contributed by atoms with Gasteiger partial charge in [-0.25, -0.2) is 0 Å². The Morgan fingerprint density at radius 3 is 1.58 bits per heavy atom. The summed E-state index contributed by atoms with van der Waals surface area (Å²) in [5.41, 5.74) is 23.5. The fraction of sp³-hybridized carbons (Fsp3) is 0.0909. The van der Waals surface area contributed by atoms with Crippen LogP contribution in [0.4, 0.5) is 17.1 Å². The number of rotatable bonds is 6. The first-order valence-corrected chi connectivity index (χ1v) is 24.3. The van der Waals surface area contributed by atoms with Crippen LogP contribution in [0.25, 0.3) is 88.4 Å². The van der Waals surface area contributed by atoms with Gasteiger partial charge >= 0.3 is 0 Å². The van der Waals surface area contributed by atoms with E-state index < -0.39 is 0 Å². The molecule has 0 saturated carbocycles. The molecule has 0 amide bonds. The molecule has 2 heterocycles. The molecule has 0 N–H and O–H groups in total. The normalized spacial score (nSPS) is 14.0. The minimum atomic E-state index is -0.132. The lowest BCUT2D eigenvalue weighted by molar-refractivity contribution is 0.660. The Morgan fingerprint density at radius 2 is 0.841 bits per heavy atom. The molecule has 14 rings (SSSR count). The first-order valence-electron chi connectivity index (χ1n) is 24.3. The highest BCUT2D eigenvalue weighted by molar-refractivity contribution is 6.13. The number of nitrogens with zero attached hydrogens (tertiary/aromatic N) is 3. The van der Waals surface area contributed by atoms with E-state index in [-0.39, 0.29) is 10.8 Å². The Labute approximate surface area is 402 Å². The molecule has 0 spiro atoms. The van der Waals surface area contributed by atoms with Gasteiger partial charge in [-0.3, -0.25) is 0 Å². The third-order valence-corrected chi connectivity index (χ3v) is 15.7. The van der Waals surface area contributed by atoms with Crippen molar-refractivity contribution in [2.24, 2.45) is 0 Å². The Kier molecular flexibility index (Phi) is 8.38. The molecule has 10 aromatic carbocycles. The van der Waals surface area contributed by atoms with Gasteiger partial charge in [-0.15, -0.1) is 0 Å². The molecular weight excluding hydrogens is 835 g/mol. The maximum atomic E-state index is 2.49. The van der Waals surface area contributed by atoms with Crippen LogP contribution in [0.15, 0.2) is 224 Å². The van der Waals surface area contributed by atoms with Crippen LogP contribution in [0, 0.1) is 0 Å². The van der Waals surface area contributed by atoms with Gasteiger partial charge in [-0.1, -0.05) is 161 Å². The monoisotopic (exact) mass is 883 g/mol. The highest BCUT2D eigenvalue weighted by atomic mass is 15.1. The van der Waals surface area contributed by atoms with Gasteiger partial charge in [0.1, 0.15) is 0 Å². The third-order valence-electron chi connectivity index (χ3n) is 15.7. The van der Waals surface area contributed by atoms with E-state index in [1.807, 2.05) is 0 Å². The minimum absolute atomic E-state index is 0.0922. The minimum Gasteiger partial charge on any atom is -0.310 e. The zero-order chi connectivity index (χ0) is 46.2. The third kappa shape index (κ3) is 5.68. The molecular formula is C66H49N3. The summed E-state index contributed by atoms with van der Waals surface area (Å²) in [6, 6.07) is 83.5. The topological polar surface area (TPSA) is 13.1 Å². The maximum absolute atomic E-state index is 2.49. The summed E-state index contributed by atoms with van der Waals surface area (Å²) in [6.07, 6.45) is 0. The Balaban J connectivity index is 0.950. The fourth-order valence-electron chi connectivity index (χ4n) is 12.4. The van der Waals surface area contributed by atoms with Crippen LogP contribution in [0.2, 0.25) is 0 Å². The van der Waals surface area contributed by atoms with Crippen molar-refractivity contribution in [3.63, 3.8) is 0 Å². The summed E-state index contributed by atoms with van der Waals surface area (Å²) in [5.74, 6) is 0. The molecule has 2 aliphatic carbocycles. The molecule has 12 aromatic rings. The second-order valence-electron chi connectivity index (χ2n) is 20.1. The second-order valence-corrected chi connectivity index (χ2v) is 20.1. The number of aromatic nitrogens is 2. The molecule has 2 aliphatic rings. The molecule has 0 aliphatic heterocycles. The maximum Gasteiger partial charge on any atom is 0.0544 e. The van der Waals surface area contributed by atoms with Gasteiger partial charge < -0.3 is 14.0 Å². The molecule has 0 unspecified atom stereocenters. The van der Waals surface area contributed by atoms with Crippen LogP contribution in [0.1, 0.15) is 49.9 Å². The first kappa shape index (κ1) is 39.7. The van der Waals surface area contributed by atoms with Crippen LogP contribution in [0.5, 0.6) is 0 Å². The average molecular weight is 884 g/mol. The van der Waals surface area contributed by atoms with Crippen molar-refractivity contribution in [1.82, 2.24) is 9.13 Å². The highest BCUT2D eigenvalue weighted by Crippen LogP contribution is 2.55. The van der Waals surface area contributed by atoms with E-state index in [4.69, 9.17) is 0 Å². The number of hydrogen-bond acceptors (Lipinski definition) is 1. The van der Waals surface area contributed by atoms with Crippen molar-refractivity contribution in [3.05, 3.63) is 247 Å². The number of para-hydroxylation sites is 3. The van der Waals surface area contributed by atoms with E-state index in [1.165, 1.54) is 111 Å². The van der Waals surface area contributed by atoms with Crippen molar-refractivity contribution in [1.29, 1.82) is 0 Å². The van der Waals surface area contributed by atoms with E-state index in [9.17, 15) is 0 Å². The van der Waals surface area contributed by atoms with Crippen LogP contribution >= 0.6 is 0 Å². The molecule has 3 heteroatoms. The molecule has 0 saturated heterocycles. The largest absolute Gasteiger partial charge is 0.310 e. The zero-order valence-corrected chi connectivity index (χ0v) is 39.2. The molecule has 0 fully saturated rings. The molecule has 2 aromatic heterocycles. The Morgan fingerprint density at radius 1 is 0.319 bits per heavy atom. The van der Waals surface area contributed by atoms with Gasteiger partial charge in [0.2, 0.25) is 0 Å². The quantitative estimate of drug-likeness (QED) is 0.162. The molecule has 3 nitrogen and oxygen atoms in total. The van der Waals surface area contributed by atoms with Crippen LogP contribution in [0.3, 0.4) is 0 Å². The number of benzene rings is 10. The van der Waals surface area contributed by atoms with Gasteiger partial charge in [-0.2, -0.15) is 0 Å². The van der Waals surface area contributed by atoms with E-state index >= 15 is 0 Å². The molecule has 69 heavy (non-hydrogen) atoms. The van der Waals surface area contributed by atoms with Crippen molar-refractivity contribution >= 4 is 60.7 Å². The highest BCUT2D eigenvalue weighted by Gasteiger charge is 2.38. The Hall–Kier alpha value is -8.40. The van der Waals surface area contributed by atoms with Gasteiger partial charge in [0.25, 0.3) is 0 Å². The number of anilines is 3. The summed E-state index contributed by atoms with van der Waals surface area (Å²) in [6.45, 7) is 9.48. The predicted molar refractivity (Wildman–Crippen MR) is 290 cm³/mol. The van der Waals surface area contributed by atoms with E-state index in [2.05, 4.69) is 266 Å². The smallest absolute Gasteiger partial charge is 0.0544 e. The summed E-state index contributed by atoms with van der Waals surface area (Å²) in [4.78, 5) is 2.49. The molecule has 0 atom stereocenters. The standard InChI is InChI=1S/C66H49N3/c1-65(2)56-26-15-12-24-50(56)64-57(65)27-17-29-62(64)67(47-35-37-61-53(39-47)49-23-13-16-28-59(49)68(61)44-18-7-5-8-19-44)46-33-30-42(31-34-46)43-32-36-60-52(38-43)54-40-51-48-22-11-14-25-55(48)66(3,4)58(51)41-63(54)69(60)45-20-9-6-10-21-45/h5-41H,1-4H3. The first-order chi connectivity index (χ1) is 33.8. The summed E-state index contributed by atoms with van der Waals surface area (Å²) >= 11 is 0. The van der Waals surface area contributed by atoms with Gasteiger partial charge in [0, 0.05) is 60.7 Å². The van der Waals surface area contributed by atoms with E-state index in [0.29, 0.717) is 0 Å². The molecule has 0 radical (unpaired) electrons. The van der Waals surface area contributed by atoms with Crippen LogP contribution in [-0.2, 0) is 10.8 Å². The van der Waals surface area contributed by atoms with Gasteiger partial charge in [0.15, 0.2) is 0 Å². The van der Waals surface area contributed by atoms with Gasteiger partial charge in [-0.05, 0) is 141 Å². The van der Waals surface area contributed by atoms with Crippen molar-refractivity contribution in [2.75, 3.05) is 4.90 Å². The SMILES string of the molecule is CC1(C)c2ccccc2-c2cc3c4cc(-c5ccc(N(c6ccc7c(c6)c6ccccc6n7-c6ccccc6)c6cccc7c6-c6ccccc6C7(C)C)cc5)ccc4n(-c4ccccc4)c3cc21.